The molecular weight excluding hydrogens is 408 g/mol. The first-order chi connectivity index (χ1) is 13.8. The fourth-order valence-corrected chi connectivity index (χ4v) is 4.32. The molecule has 0 saturated heterocycles. The number of rotatable bonds is 6. The van der Waals surface area contributed by atoms with Gasteiger partial charge in [0.25, 0.3) is 15.9 Å². The van der Waals surface area contributed by atoms with Crippen LogP contribution in [0.1, 0.15) is 22.8 Å². The van der Waals surface area contributed by atoms with E-state index < -0.39 is 15.9 Å². The van der Waals surface area contributed by atoms with E-state index in [1.807, 2.05) is 31.2 Å². The quantitative estimate of drug-likeness (QED) is 0.602. The van der Waals surface area contributed by atoms with E-state index in [4.69, 9.17) is 11.6 Å². The van der Waals surface area contributed by atoms with Crippen LogP contribution in [0.3, 0.4) is 0 Å². The van der Waals surface area contributed by atoms with Crippen molar-refractivity contribution in [3.63, 3.8) is 0 Å². The van der Waals surface area contributed by atoms with Crippen LogP contribution in [-0.2, 0) is 16.4 Å². The van der Waals surface area contributed by atoms with Crippen LogP contribution in [0.2, 0.25) is 5.02 Å². The topological polar surface area (TPSA) is 66.5 Å². The predicted octanol–water partition coefficient (Wildman–Crippen LogP) is 4.98. The lowest BCUT2D eigenvalue weighted by atomic mass is 10.1. The third kappa shape index (κ3) is 4.44. The van der Waals surface area contributed by atoms with Crippen LogP contribution in [0.25, 0.3) is 0 Å². The van der Waals surface area contributed by atoms with Crippen molar-refractivity contribution in [3.8, 4) is 0 Å². The predicted molar refractivity (Wildman–Crippen MR) is 117 cm³/mol. The average Bonchev–Trinajstić information content (AvgIpc) is 2.74. The fourth-order valence-electron chi connectivity index (χ4n) is 2.91. The van der Waals surface area contributed by atoms with Crippen molar-refractivity contribution in [3.05, 3.63) is 88.9 Å². The van der Waals surface area contributed by atoms with Gasteiger partial charge >= 0.3 is 0 Å². The van der Waals surface area contributed by atoms with Gasteiger partial charge in [-0.15, -0.1) is 0 Å². The van der Waals surface area contributed by atoms with E-state index in [1.165, 1.54) is 31.3 Å². The molecule has 0 heterocycles. The maximum atomic E-state index is 12.9. The van der Waals surface area contributed by atoms with Gasteiger partial charge in [-0.1, -0.05) is 54.9 Å². The normalized spacial score (nSPS) is 11.1. The maximum absolute atomic E-state index is 12.9. The summed E-state index contributed by atoms with van der Waals surface area (Å²) >= 11 is 6.24. The molecule has 0 bridgehead atoms. The summed E-state index contributed by atoms with van der Waals surface area (Å²) in [4.78, 5) is 13.0. The molecule has 0 saturated carbocycles. The van der Waals surface area contributed by atoms with Crippen LogP contribution in [0.15, 0.2) is 77.7 Å². The molecule has 5 nitrogen and oxygen atoms in total. The van der Waals surface area contributed by atoms with Crippen LogP contribution in [-0.4, -0.2) is 21.4 Å². The first-order valence-corrected chi connectivity index (χ1v) is 10.9. The van der Waals surface area contributed by atoms with Crippen LogP contribution in [0.4, 0.5) is 11.4 Å². The molecular formula is C22H21ClN2O3S. The van der Waals surface area contributed by atoms with E-state index in [1.54, 1.807) is 24.3 Å². The molecule has 3 aromatic carbocycles. The van der Waals surface area contributed by atoms with E-state index in [9.17, 15) is 13.2 Å². The smallest absolute Gasteiger partial charge is 0.264 e. The van der Waals surface area contributed by atoms with Gasteiger partial charge < -0.3 is 5.32 Å². The van der Waals surface area contributed by atoms with Gasteiger partial charge in [-0.05, 0) is 48.4 Å². The molecule has 0 radical (unpaired) electrons. The van der Waals surface area contributed by atoms with E-state index in [0.29, 0.717) is 11.4 Å². The van der Waals surface area contributed by atoms with E-state index in [2.05, 4.69) is 5.32 Å². The number of carbonyl (C=O) groups is 1. The van der Waals surface area contributed by atoms with E-state index >= 15 is 0 Å². The van der Waals surface area contributed by atoms with Crippen LogP contribution in [0, 0.1) is 0 Å². The first-order valence-electron chi connectivity index (χ1n) is 9.07. The zero-order valence-corrected chi connectivity index (χ0v) is 17.7. The SMILES string of the molecule is CCc1ccccc1NC(=O)c1cc(N(C)S(=O)(=O)c2ccccc2)ccc1Cl. The Morgan fingerprint density at radius 3 is 2.34 bits per heavy atom. The molecule has 0 aliphatic heterocycles. The molecule has 0 aliphatic rings. The van der Waals surface area contributed by atoms with Crippen molar-refractivity contribution >= 4 is 38.9 Å². The van der Waals surface area contributed by atoms with Crippen LogP contribution in [0.5, 0.6) is 0 Å². The number of para-hydroxylation sites is 1. The Balaban J connectivity index is 1.93. The molecule has 0 fully saturated rings. The lowest BCUT2D eigenvalue weighted by Crippen LogP contribution is -2.27. The number of halogens is 1. The molecule has 29 heavy (non-hydrogen) atoms. The number of sulfonamides is 1. The van der Waals surface area contributed by atoms with Crippen LogP contribution >= 0.6 is 11.6 Å². The molecule has 150 valence electrons. The molecule has 0 aromatic heterocycles. The molecule has 0 spiro atoms. The number of amides is 1. The average molecular weight is 429 g/mol. The number of aryl methyl sites for hydroxylation is 1. The summed E-state index contributed by atoms with van der Waals surface area (Å²) in [6.07, 6.45) is 0.766. The molecule has 1 N–H and O–H groups in total. The molecule has 0 aliphatic carbocycles. The Morgan fingerprint density at radius 2 is 1.66 bits per heavy atom. The highest BCUT2D eigenvalue weighted by atomic mass is 35.5. The highest BCUT2D eigenvalue weighted by Crippen LogP contribution is 2.28. The van der Waals surface area contributed by atoms with Crippen molar-refractivity contribution in [1.82, 2.24) is 0 Å². The second-order valence-electron chi connectivity index (χ2n) is 6.41. The number of hydrogen-bond acceptors (Lipinski definition) is 3. The van der Waals surface area contributed by atoms with Gasteiger partial charge in [-0.3, -0.25) is 9.10 Å². The Kier molecular flexibility index (Phi) is 6.25. The number of nitrogens with zero attached hydrogens (tertiary/aromatic N) is 1. The molecule has 0 unspecified atom stereocenters. The summed E-state index contributed by atoms with van der Waals surface area (Å²) in [7, 11) is -2.31. The summed E-state index contributed by atoms with van der Waals surface area (Å²) in [5, 5.41) is 3.11. The third-order valence-corrected chi connectivity index (χ3v) is 6.74. The Bertz CT molecular complexity index is 1130. The van der Waals surface area contributed by atoms with Gasteiger partial charge in [0.1, 0.15) is 0 Å². The van der Waals surface area contributed by atoms with Crippen molar-refractivity contribution in [2.24, 2.45) is 0 Å². The lowest BCUT2D eigenvalue weighted by Gasteiger charge is -2.20. The van der Waals surface area contributed by atoms with E-state index in [-0.39, 0.29) is 15.5 Å². The molecule has 0 atom stereocenters. The Labute approximate surface area is 176 Å². The van der Waals surface area contributed by atoms with Gasteiger partial charge in [0, 0.05) is 12.7 Å². The molecule has 7 heteroatoms. The zero-order chi connectivity index (χ0) is 21.0. The highest BCUT2D eigenvalue weighted by molar-refractivity contribution is 7.92. The summed E-state index contributed by atoms with van der Waals surface area (Å²) in [5.41, 5.74) is 2.24. The summed E-state index contributed by atoms with van der Waals surface area (Å²) in [6.45, 7) is 2.00. The van der Waals surface area contributed by atoms with Gasteiger partial charge in [0.2, 0.25) is 0 Å². The second kappa shape index (κ2) is 8.68. The first kappa shape index (κ1) is 20.9. The summed E-state index contributed by atoms with van der Waals surface area (Å²) in [6, 6.07) is 20.2. The molecule has 3 aromatic rings. The maximum Gasteiger partial charge on any atom is 0.264 e. The van der Waals surface area contributed by atoms with Crippen molar-refractivity contribution < 1.29 is 13.2 Å². The van der Waals surface area contributed by atoms with Crippen molar-refractivity contribution in [2.45, 2.75) is 18.2 Å². The van der Waals surface area contributed by atoms with Crippen molar-refractivity contribution in [2.75, 3.05) is 16.7 Å². The Hall–Kier alpha value is -2.83. The number of nitrogens with one attached hydrogen (secondary N) is 1. The number of carbonyl (C=O) groups excluding carboxylic acids is 1. The fraction of sp³-hybridized carbons (Fsp3) is 0.136. The number of benzene rings is 3. The minimum Gasteiger partial charge on any atom is -0.322 e. The van der Waals surface area contributed by atoms with Crippen molar-refractivity contribution in [1.29, 1.82) is 0 Å². The summed E-state index contributed by atoms with van der Waals surface area (Å²) < 4.78 is 26.9. The minimum absolute atomic E-state index is 0.167. The summed E-state index contributed by atoms with van der Waals surface area (Å²) in [5.74, 6) is -0.400. The molecule has 3 rings (SSSR count). The lowest BCUT2D eigenvalue weighted by molar-refractivity contribution is 0.102. The zero-order valence-electron chi connectivity index (χ0n) is 16.1. The van der Waals surface area contributed by atoms with Gasteiger partial charge in [0.15, 0.2) is 0 Å². The Morgan fingerprint density at radius 1 is 1.00 bits per heavy atom. The number of hydrogen-bond donors (Lipinski definition) is 1. The monoisotopic (exact) mass is 428 g/mol. The third-order valence-electron chi connectivity index (χ3n) is 4.61. The van der Waals surface area contributed by atoms with Gasteiger partial charge in [-0.25, -0.2) is 8.42 Å². The highest BCUT2D eigenvalue weighted by Gasteiger charge is 2.22. The van der Waals surface area contributed by atoms with Gasteiger partial charge in [0.05, 0.1) is 21.2 Å². The minimum atomic E-state index is -3.76. The standard InChI is InChI=1S/C22H21ClN2O3S/c1-3-16-9-7-8-12-21(16)24-22(26)19-15-17(13-14-20(19)23)25(2)29(27,28)18-10-5-4-6-11-18/h4-15H,3H2,1-2H3,(H,24,26). The van der Waals surface area contributed by atoms with E-state index in [0.717, 1.165) is 16.3 Å². The largest absolute Gasteiger partial charge is 0.322 e. The number of anilines is 2. The van der Waals surface area contributed by atoms with Crippen LogP contribution < -0.4 is 9.62 Å². The van der Waals surface area contributed by atoms with Gasteiger partial charge in [-0.2, -0.15) is 0 Å². The second-order valence-corrected chi connectivity index (χ2v) is 8.79. The molecule has 1 amide bonds.